The first-order valence-electron chi connectivity index (χ1n) is 22.5. The quantitative estimate of drug-likeness (QED) is 0.145. The minimum atomic E-state index is -1.12. The SMILES string of the molecule is CCn1c(-c2cccnc2[C@H](C)OC)c2c3cc(ccc31)-c1cc(O)cc(c1)C[C@H](NC(=O)[C@H](C(C)C)N(C)C(=O)[C@H]1CCC[C@H]1N)C(=O)N1CCC[C@H](N1)C(=O)OCC(C)(C)C2. The molecule has 2 aromatic heterocycles. The van der Waals surface area contributed by atoms with Gasteiger partial charge in [-0.25, -0.2) is 5.43 Å². The second kappa shape index (κ2) is 18.8. The van der Waals surface area contributed by atoms with Crippen LogP contribution >= 0.6 is 0 Å². The second-order valence-corrected chi connectivity index (χ2v) is 18.9. The van der Waals surface area contributed by atoms with Crippen LogP contribution in [0.2, 0.25) is 0 Å². The van der Waals surface area contributed by atoms with E-state index >= 15 is 0 Å². The number of carbonyl (C=O) groups excluding carboxylic acids is 4. The third-order valence-electron chi connectivity index (χ3n) is 13.2. The number of benzene rings is 2. The highest BCUT2D eigenvalue weighted by atomic mass is 16.5. The number of hydrogen-bond donors (Lipinski definition) is 4. The predicted octanol–water partition coefficient (Wildman–Crippen LogP) is 6.06. The van der Waals surface area contributed by atoms with E-state index in [4.69, 9.17) is 20.2 Å². The highest BCUT2D eigenvalue weighted by Gasteiger charge is 2.40. The molecular weight excluding hydrogens is 799 g/mol. The van der Waals surface area contributed by atoms with Gasteiger partial charge in [-0.05, 0) is 111 Å². The summed E-state index contributed by atoms with van der Waals surface area (Å²) < 4.78 is 14.2. The largest absolute Gasteiger partial charge is 0.508 e. The Hall–Kier alpha value is -5.31. The number of nitrogens with one attached hydrogen (secondary N) is 2. The van der Waals surface area contributed by atoms with Crippen LogP contribution in [0.1, 0.15) is 96.6 Å². The highest BCUT2D eigenvalue weighted by molar-refractivity contribution is 5.96. The van der Waals surface area contributed by atoms with E-state index in [0.29, 0.717) is 44.3 Å². The first kappa shape index (κ1) is 45.7. The van der Waals surface area contributed by atoms with Crippen molar-refractivity contribution in [3.05, 3.63) is 71.5 Å². The van der Waals surface area contributed by atoms with Gasteiger partial charge >= 0.3 is 5.97 Å². The number of ether oxygens (including phenoxy) is 2. The Labute approximate surface area is 370 Å². The third kappa shape index (κ3) is 9.49. The van der Waals surface area contributed by atoms with E-state index in [1.165, 1.54) is 9.91 Å². The molecule has 2 aliphatic heterocycles. The Morgan fingerprint density at radius 2 is 1.86 bits per heavy atom. The minimum Gasteiger partial charge on any atom is -0.508 e. The van der Waals surface area contributed by atoms with Gasteiger partial charge in [-0.1, -0.05) is 46.2 Å². The molecule has 1 saturated heterocycles. The van der Waals surface area contributed by atoms with Gasteiger partial charge in [-0.2, -0.15) is 0 Å². The average molecular weight is 864 g/mol. The lowest BCUT2D eigenvalue weighted by atomic mass is 9.84. The third-order valence-corrected chi connectivity index (χ3v) is 13.2. The van der Waals surface area contributed by atoms with Crippen molar-refractivity contribution in [2.75, 3.05) is 27.3 Å². The van der Waals surface area contributed by atoms with Gasteiger partial charge in [0.1, 0.15) is 23.9 Å². The molecule has 3 aliphatic rings. The van der Waals surface area contributed by atoms with E-state index in [9.17, 15) is 24.3 Å². The molecule has 2 fully saturated rings. The molecule has 14 heteroatoms. The fourth-order valence-corrected chi connectivity index (χ4v) is 9.94. The first-order valence-corrected chi connectivity index (χ1v) is 22.5. The van der Waals surface area contributed by atoms with E-state index in [1.54, 1.807) is 32.5 Å². The molecule has 5 N–H and O–H groups in total. The number of fused-ring (bicyclic) bond motifs is 6. The number of amides is 3. The highest BCUT2D eigenvalue weighted by Crippen LogP contribution is 2.42. The molecule has 4 aromatic rings. The van der Waals surface area contributed by atoms with Gasteiger partial charge in [0.05, 0.1) is 30.0 Å². The van der Waals surface area contributed by atoms with E-state index in [0.717, 1.165) is 57.4 Å². The number of methoxy groups -OCH3 is 1. The lowest BCUT2D eigenvalue weighted by molar-refractivity contribution is -0.155. The number of esters is 1. The lowest BCUT2D eigenvalue weighted by Crippen LogP contribution is -2.62. The van der Waals surface area contributed by atoms with Crippen molar-refractivity contribution in [1.29, 1.82) is 0 Å². The number of carbonyl (C=O) groups is 4. The molecule has 6 atom stereocenters. The number of aromatic hydroxyl groups is 1. The first-order chi connectivity index (χ1) is 30.0. The fourth-order valence-electron chi connectivity index (χ4n) is 9.94. The number of nitrogens with zero attached hydrogens (tertiary/aromatic N) is 4. The van der Waals surface area contributed by atoms with Gasteiger partial charge in [-0.3, -0.25) is 29.2 Å². The summed E-state index contributed by atoms with van der Waals surface area (Å²) in [7, 11) is 3.31. The van der Waals surface area contributed by atoms with E-state index in [1.807, 2.05) is 39.0 Å². The standard InChI is InChI=1S/C49H65N7O7/c1-9-55-41-18-17-31-25-36(41)37(44(55)35-14-11-19-51-42(35)29(4)62-8)26-49(5,6)27-63-48(61)39-16-12-20-56(53-39)47(60)40(23-30-21-32(31)24-33(57)22-30)52-45(58)43(28(2)3)54(7)46(59)34-13-10-15-38(34)50/h11,14,17-19,21-22,24-25,28-29,34,38-40,43,53,57H,9-10,12-13,15-16,20,23,26-27,50H2,1-8H3,(H,52,58)/t29-,34-,38+,39-,40-,43-/m0/s1. The number of hydrazine groups is 1. The van der Waals surface area contributed by atoms with Crippen molar-refractivity contribution in [2.24, 2.45) is 23.0 Å². The van der Waals surface area contributed by atoms with Crippen molar-refractivity contribution in [3.8, 4) is 28.1 Å². The second-order valence-electron chi connectivity index (χ2n) is 18.9. The van der Waals surface area contributed by atoms with Gasteiger partial charge in [0.2, 0.25) is 11.8 Å². The Kier molecular flexibility index (Phi) is 13.6. The van der Waals surface area contributed by atoms with Crippen molar-refractivity contribution < 1.29 is 33.8 Å². The molecule has 6 bridgehead atoms. The molecule has 338 valence electrons. The molecule has 1 saturated carbocycles. The number of phenolic OH excluding ortho intramolecular Hbond substituents is 1. The molecule has 0 spiro atoms. The number of rotatable bonds is 9. The lowest BCUT2D eigenvalue weighted by Gasteiger charge is -2.37. The number of cyclic esters (lactones) is 1. The Bertz CT molecular complexity index is 2360. The van der Waals surface area contributed by atoms with Crippen molar-refractivity contribution >= 4 is 34.6 Å². The van der Waals surface area contributed by atoms with E-state index < -0.39 is 41.3 Å². The fraction of sp³-hybridized carbons (Fsp3) is 0.531. The Balaban J connectivity index is 1.34. The molecule has 0 unspecified atom stereocenters. The predicted molar refractivity (Wildman–Crippen MR) is 242 cm³/mol. The van der Waals surface area contributed by atoms with Crippen LogP contribution < -0.4 is 16.5 Å². The van der Waals surface area contributed by atoms with Gasteiger partial charge in [0.25, 0.3) is 5.91 Å². The number of aryl methyl sites for hydroxylation is 1. The molecule has 4 heterocycles. The summed E-state index contributed by atoms with van der Waals surface area (Å²) in [6.07, 6.45) is 5.34. The Morgan fingerprint density at radius 3 is 2.56 bits per heavy atom. The number of hydrogen-bond acceptors (Lipinski definition) is 10. The van der Waals surface area contributed by atoms with Gasteiger partial charge in [0.15, 0.2) is 0 Å². The van der Waals surface area contributed by atoms with Crippen LogP contribution in [0.25, 0.3) is 33.3 Å². The van der Waals surface area contributed by atoms with E-state index in [-0.39, 0.29) is 48.7 Å². The summed E-state index contributed by atoms with van der Waals surface area (Å²) >= 11 is 0. The normalized spacial score (nSPS) is 22.7. The number of phenols is 1. The molecule has 7 rings (SSSR count). The molecular formula is C49H65N7O7. The van der Waals surface area contributed by atoms with Gasteiger partial charge in [-0.15, -0.1) is 0 Å². The smallest absolute Gasteiger partial charge is 0.324 e. The number of pyridine rings is 1. The number of likely N-dealkylation sites (N-methyl/N-ethyl adjacent to an activating group) is 1. The maximum atomic E-state index is 14.7. The summed E-state index contributed by atoms with van der Waals surface area (Å²) in [6.45, 7) is 13.1. The van der Waals surface area contributed by atoms with Crippen molar-refractivity contribution in [1.82, 2.24) is 30.2 Å². The van der Waals surface area contributed by atoms with Gasteiger partial charge < -0.3 is 35.1 Å². The maximum absolute atomic E-state index is 14.7. The van der Waals surface area contributed by atoms with Gasteiger partial charge in [0, 0.05) is 67.8 Å². The summed E-state index contributed by atoms with van der Waals surface area (Å²) in [6, 6.07) is 12.5. The zero-order valence-corrected chi connectivity index (χ0v) is 38.1. The maximum Gasteiger partial charge on any atom is 0.324 e. The van der Waals surface area contributed by atoms with Crippen LogP contribution in [-0.2, 0) is 48.0 Å². The number of aromatic nitrogens is 2. The molecule has 14 nitrogen and oxygen atoms in total. The Morgan fingerprint density at radius 1 is 1.08 bits per heavy atom. The molecule has 0 radical (unpaired) electrons. The summed E-state index contributed by atoms with van der Waals surface area (Å²) in [5.74, 6) is -2.22. The molecule has 1 aliphatic carbocycles. The average Bonchev–Trinajstić information content (AvgIpc) is 3.83. The van der Waals surface area contributed by atoms with Crippen LogP contribution in [0.15, 0.2) is 54.7 Å². The van der Waals surface area contributed by atoms with Crippen LogP contribution in [0.4, 0.5) is 0 Å². The molecule has 3 amide bonds. The van der Waals surface area contributed by atoms with Crippen molar-refractivity contribution in [3.63, 3.8) is 0 Å². The topological polar surface area (TPSA) is 181 Å². The summed E-state index contributed by atoms with van der Waals surface area (Å²) in [5.41, 5.74) is 16.0. The van der Waals surface area contributed by atoms with E-state index in [2.05, 4.69) is 54.3 Å². The number of nitrogens with two attached hydrogens (primary N) is 1. The molecule has 63 heavy (non-hydrogen) atoms. The van der Waals surface area contributed by atoms with Crippen LogP contribution in [-0.4, -0.2) is 99.7 Å². The monoisotopic (exact) mass is 863 g/mol. The zero-order chi connectivity index (χ0) is 45.3. The van der Waals surface area contributed by atoms with Crippen LogP contribution in [0.5, 0.6) is 5.75 Å². The zero-order valence-electron chi connectivity index (χ0n) is 38.1. The van der Waals surface area contributed by atoms with Crippen LogP contribution in [0.3, 0.4) is 0 Å². The summed E-state index contributed by atoms with van der Waals surface area (Å²) in [5, 5.41) is 16.7. The minimum absolute atomic E-state index is 0.00783. The molecule has 2 aromatic carbocycles. The van der Waals surface area contributed by atoms with Crippen LogP contribution in [0, 0.1) is 17.3 Å². The summed E-state index contributed by atoms with van der Waals surface area (Å²) in [4.78, 5) is 63.0. The van der Waals surface area contributed by atoms with Crippen molar-refractivity contribution in [2.45, 2.75) is 123 Å².